The summed E-state index contributed by atoms with van der Waals surface area (Å²) in [7, 11) is 1.59. The van der Waals surface area contributed by atoms with Crippen molar-refractivity contribution in [1.82, 2.24) is 4.98 Å². The summed E-state index contributed by atoms with van der Waals surface area (Å²) in [5.41, 5.74) is 9.20. The van der Waals surface area contributed by atoms with Gasteiger partial charge in [-0.15, -0.1) is 0 Å². The van der Waals surface area contributed by atoms with E-state index in [1.807, 2.05) is 24.3 Å². The van der Waals surface area contributed by atoms with Crippen molar-refractivity contribution in [3.63, 3.8) is 0 Å². The number of nitrogens with two attached hydrogens (primary N) is 1. The van der Waals surface area contributed by atoms with Gasteiger partial charge in [0.05, 0.1) is 13.7 Å². The summed E-state index contributed by atoms with van der Waals surface area (Å²) < 4.78 is 5.09. The molecule has 1 aromatic carbocycles. The zero-order valence-corrected chi connectivity index (χ0v) is 13.9. The number of aliphatic imine (C=N–C) groups is 1. The van der Waals surface area contributed by atoms with Crippen molar-refractivity contribution in [3.05, 3.63) is 53.7 Å². The van der Waals surface area contributed by atoms with Gasteiger partial charge >= 0.3 is 0 Å². The molecule has 0 saturated heterocycles. The summed E-state index contributed by atoms with van der Waals surface area (Å²) in [5.74, 6) is 1.53. The first-order chi connectivity index (χ1) is 11.1. The molecule has 2 aromatic rings. The molecule has 5 heteroatoms. The minimum absolute atomic E-state index is 0.386. The Labute approximate surface area is 137 Å². The van der Waals surface area contributed by atoms with Gasteiger partial charge in [-0.05, 0) is 41.7 Å². The zero-order chi connectivity index (χ0) is 16.7. The molecule has 122 valence electrons. The normalized spacial score (nSPS) is 12.7. The molecule has 0 saturated carbocycles. The molecule has 0 aliphatic heterocycles. The maximum atomic E-state index is 5.94. The molecule has 0 aliphatic rings. The van der Waals surface area contributed by atoms with E-state index in [0.717, 1.165) is 17.7 Å². The molecular formula is C18H24N4O. The van der Waals surface area contributed by atoms with Gasteiger partial charge in [-0.3, -0.25) is 0 Å². The van der Waals surface area contributed by atoms with E-state index in [1.54, 1.807) is 13.3 Å². The van der Waals surface area contributed by atoms with Crippen LogP contribution in [-0.2, 0) is 6.54 Å². The van der Waals surface area contributed by atoms with E-state index in [0.29, 0.717) is 24.3 Å². The van der Waals surface area contributed by atoms with Gasteiger partial charge in [-0.2, -0.15) is 0 Å². The van der Waals surface area contributed by atoms with E-state index in [4.69, 9.17) is 10.5 Å². The summed E-state index contributed by atoms with van der Waals surface area (Å²) in [6.07, 6.45) is 2.83. The molecule has 2 rings (SSSR count). The van der Waals surface area contributed by atoms with Crippen molar-refractivity contribution < 1.29 is 4.74 Å². The Hall–Kier alpha value is -2.56. The van der Waals surface area contributed by atoms with E-state index < -0.39 is 0 Å². The quantitative estimate of drug-likeness (QED) is 0.632. The minimum atomic E-state index is 0.386. The third-order valence-corrected chi connectivity index (χ3v) is 3.80. The minimum Gasteiger partial charge on any atom is -0.481 e. The number of pyridine rings is 1. The van der Waals surface area contributed by atoms with E-state index >= 15 is 0 Å². The molecule has 0 spiro atoms. The summed E-state index contributed by atoms with van der Waals surface area (Å²) >= 11 is 0. The Balaban J connectivity index is 1.96. The van der Waals surface area contributed by atoms with E-state index in [9.17, 15) is 0 Å². The standard InChI is InChI=1S/C18H24N4O/c1-4-13(2)15-5-7-16(8-6-15)22-18(19)21-12-14-9-10-20-17(11-14)23-3/h5-11,13H,4,12H2,1-3H3,(H3,19,21,22). The van der Waals surface area contributed by atoms with Gasteiger partial charge < -0.3 is 15.8 Å². The molecule has 1 atom stereocenters. The number of ether oxygens (including phenoxy) is 1. The summed E-state index contributed by atoms with van der Waals surface area (Å²) in [4.78, 5) is 8.40. The highest BCUT2D eigenvalue weighted by molar-refractivity contribution is 5.92. The number of guanidine groups is 1. The number of nitrogens with zero attached hydrogens (tertiary/aromatic N) is 2. The van der Waals surface area contributed by atoms with Crippen molar-refractivity contribution >= 4 is 11.6 Å². The Bertz CT molecular complexity index is 652. The second kappa shape index (κ2) is 8.17. The fourth-order valence-electron chi connectivity index (χ4n) is 2.15. The molecule has 5 nitrogen and oxygen atoms in total. The molecule has 0 bridgehead atoms. The topological polar surface area (TPSA) is 72.5 Å². The van der Waals surface area contributed by atoms with Crippen LogP contribution < -0.4 is 15.8 Å². The molecule has 0 fully saturated rings. The van der Waals surface area contributed by atoms with Gasteiger partial charge in [-0.25, -0.2) is 9.98 Å². The van der Waals surface area contributed by atoms with Gasteiger partial charge in [0, 0.05) is 18.0 Å². The lowest BCUT2D eigenvalue weighted by molar-refractivity contribution is 0.397. The highest BCUT2D eigenvalue weighted by Gasteiger charge is 2.03. The van der Waals surface area contributed by atoms with Gasteiger partial charge in [-0.1, -0.05) is 26.0 Å². The molecule has 0 aliphatic carbocycles. The van der Waals surface area contributed by atoms with Gasteiger partial charge in [0.1, 0.15) is 0 Å². The van der Waals surface area contributed by atoms with Gasteiger partial charge in [0.25, 0.3) is 0 Å². The van der Waals surface area contributed by atoms with Crippen LogP contribution in [0.2, 0.25) is 0 Å². The van der Waals surface area contributed by atoms with Crippen LogP contribution in [0.5, 0.6) is 5.88 Å². The lowest BCUT2D eigenvalue weighted by Crippen LogP contribution is -2.22. The van der Waals surface area contributed by atoms with E-state index in [-0.39, 0.29) is 0 Å². The summed E-state index contributed by atoms with van der Waals surface area (Å²) in [5, 5.41) is 3.11. The van der Waals surface area contributed by atoms with Crippen LogP contribution >= 0.6 is 0 Å². The van der Waals surface area contributed by atoms with Gasteiger partial charge in [0.15, 0.2) is 5.96 Å². The van der Waals surface area contributed by atoms with Crippen molar-refractivity contribution in [3.8, 4) is 5.88 Å². The first-order valence-electron chi connectivity index (χ1n) is 7.78. The highest BCUT2D eigenvalue weighted by atomic mass is 16.5. The monoisotopic (exact) mass is 312 g/mol. The fraction of sp³-hybridized carbons (Fsp3) is 0.333. The SMILES string of the molecule is CCC(C)c1ccc(NC(N)=NCc2ccnc(OC)c2)cc1. The number of methoxy groups -OCH3 is 1. The Morgan fingerprint density at radius 3 is 2.70 bits per heavy atom. The smallest absolute Gasteiger partial charge is 0.213 e. The van der Waals surface area contributed by atoms with E-state index in [1.165, 1.54) is 5.56 Å². The Kier molecular flexibility index (Phi) is 5.97. The highest BCUT2D eigenvalue weighted by Crippen LogP contribution is 2.20. The number of hydrogen-bond donors (Lipinski definition) is 2. The van der Waals surface area contributed by atoms with Crippen molar-refractivity contribution in [2.45, 2.75) is 32.7 Å². The molecule has 3 N–H and O–H groups in total. The third-order valence-electron chi connectivity index (χ3n) is 3.80. The van der Waals surface area contributed by atoms with Crippen LogP contribution in [0.15, 0.2) is 47.6 Å². The fourth-order valence-corrected chi connectivity index (χ4v) is 2.15. The molecule has 23 heavy (non-hydrogen) atoms. The third kappa shape index (κ3) is 4.98. The molecular weight excluding hydrogens is 288 g/mol. The van der Waals surface area contributed by atoms with Gasteiger partial charge in [0.2, 0.25) is 5.88 Å². The number of anilines is 1. The molecule has 1 heterocycles. The molecule has 0 radical (unpaired) electrons. The number of benzene rings is 1. The van der Waals surface area contributed by atoms with Crippen molar-refractivity contribution in [2.24, 2.45) is 10.7 Å². The summed E-state index contributed by atoms with van der Waals surface area (Å²) in [6.45, 7) is 4.89. The van der Waals surface area contributed by atoms with Crippen molar-refractivity contribution in [1.29, 1.82) is 0 Å². The van der Waals surface area contributed by atoms with Crippen molar-refractivity contribution in [2.75, 3.05) is 12.4 Å². The van der Waals surface area contributed by atoms with Crippen LogP contribution in [0.4, 0.5) is 5.69 Å². The predicted octanol–water partition coefficient (Wildman–Crippen LogP) is 3.53. The molecule has 1 unspecified atom stereocenters. The lowest BCUT2D eigenvalue weighted by atomic mass is 9.99. The van der Waals surface area contributed by atoms with Crippen LogP contribution in [-0.4, -0.2) is 18.1 Å². The Morgan fingerprint density at radius 2 is 2.04 bits per heavy atom. The second-order valence-electron chi connectivity index (χ2n) is 5.46. The maximum absolute atomic E-state index is 5.94. The second-order valence-corrected chi connectivity index (χ2v) is 5.46. The largest absolute Gasteiger partial charge is 0.481 e. The summed E-state index contributed by atoms with van der Waals surface area (Å²) in [6, 6.07) is 12.0. The first-order valence-corrected chi connectivity index (χ1v) is 7.78. The van der Waals surface area contributed by atoms with Crippen LogP contribution in [0.1, 0.15) is 37.3 Å². The van der Waals surface area contributed by atoms with Crippen LogP contribution in [0.25, 0.3) is 0 Å². The number of aromatic nitrogens is 1. The molecule has 0 amide bonds. The van der Waals surface area contributed by atoms with E-state index in [2.05, 4.69) is 41.3 Å². The maximum Gasteiger partial charge on any atom is 0.213 e. The lowest BCUT2D eigenvalue weighted by Gasteiger charge is -2.11. The Morgan fingerprint density at radius 1 is 1.30 bits per heavy atom. The predicted molar refractivity (Wildman–Crippen MR) is 94.9 cm³/mol. The number of nitrogens with one attached hydrogen (secondary N) is 1. The molecule has 1 aromatic heterocycles. The zero-order valence-electron chi connectivity index (χ0n) is 13.9. The van der Waals surface area contributed by atoms with Crippen LogP contribution in [0.3, 0.4) is 0 Å². The number of hydrogen-bond acceptors (Lipinski definition) is 3. The average Bonchev–Trinajstić information content (AvgIpc) is 2.60. The van der Waals surface area contributed by atoms with Crippen LogP contribution in [0, 0.1) is 0 Å². The average molecular weight is 312 g/mol. The first kappa shape index (κ1) is 16.8. The number of rotatable bonds is 6.